The number of carbonyl (C=O) groups excluding carboxylic acids is 3. The van der Waals surface area contributed by atoms with E-state index in [1.165, 1.54) is 6.07 Å². The molecule has 0 spiro atoms. The molecule has 4 rings (SSSR count). The molecule has 0 aliphatic carbocycles. The van der Waals surface area contributed by atoms with Gasteiger partial charge in [-0.1, -0.05) is 66.7 Å². The minimum atomic E-state index is -0.708. The number of para-hydroxylation sites is 1. The molecule has 0 saturated carbocycles. The van der Waals surface area contributed by atoms with Gasteiger partial charge in [0.2, 0.25) is 5.78 Å². The molecule has 5 nitrogen and oxygen atoms in total. The fourth-order valence-electron chi connectivity index (χ4n) is 3.52. The summed E-state index contributed by atoms with van der Waals surface area (Å²) in [6, 6.07) is 22.6. The second-order valence-electron chi connectivity index (χ2n) is 6.91. The van der Waals surface area contributed by atoms with E-state index < -0.39 is 12.6 Å². The highest BCUT2D eigenvalue weighted by molar-refractivity contribution is 6.15. The van der Waals surface area contributed by atoms with Crippen molar-refractivity contribution in [3.8, 4) is 0 Å². The molecule has 1 heterocycles. The monoisotopic (exact) mass is 397 g/mol. The van der Waals surface area contributed by atoms with Gasteiger partial charge in [0.1, 0.15) is 0 Å². The molecule has 0 amide bonds. The topological polar surface area (TPSA) is 76.2 Å². The van der Waals surface area contributed by atoms with Crippen LogP contribution in [0.5, 0.6) is 0 Å². The largest absolute Gasteiger partial charge is 0.454 e. The van der Waals surface area contributed by atoms with Gasteiger partial charge in [0.25, 0.3) is 0 Å². The maximum atomic E-state index is 12.8. The van der Waals surface area contributed by atoms with Gasteiger partial charge in [-0.25, -0.2) is 4.79 Å². The molecular weight excluding hydrogens is 378 g/mol. The summed E-state index contributed by atoms with van der Waals surface area (Å²) in [5, 5.41) is 0.788. The summed E-state index contributed by atoms with van der Waals surface area (Å²) in [5.74, 6) is -1.28. The number of aromatic nitrogens is 1. The Bertz CT molecular complexity index is 1250. The van der Waals surface area contributed by atoms with E-state index in [9.17, 15) is 14.4 Å². The second-order valence-corrected chi connectivity index (χ2v) is 6.91. The highest BCUT2D eigenvalue weighted by atomic mass is 16.5. The van der Waals surface area contributed by atoms with E-state index in [1.807, 2.05) is 37.3 Å². The van der Waals surface area contributed by atoms with Crippen molar-refractivity contribution in [3.05, 3.63) is 107 Å². The van der Waals surface area contributed by atoms with Crippen LogP contribution in [0.3, 0.4) is 0 Å². The number of H-pyrrole nitrogens is 1. The molecule has 0 fully saturated rings. The lowest BCUT2D eigenvalue weighted by Crippen LogP contribution is -2.17. The third-order valence-corrected chi connectivity index (χ3v) is 4.93. The average molecular weight is 397 g/mol. The Kier molecular flexibility index (Phi) is 5.26. The minimum absolute atomic E-state index is 0.134. The van der Waals surface area contributed by atoms with E-state index in [2.05, 4.69) is 4.98 Å². The predicted molar refractivity (Wildman–Crippen MR) is 114 cm³/mol. The maximum absolute atomic E-state index is 12.8. The summed E-state index contributed by atoms with van der Waals surface area (Å²) >= 11 is 0. The van der Waals surface area contributed by atoms with Crippen molar-refractivity contribution in [2.75, 3.05) is 6.61 Å². The second kappa shape index (κ2) is 8.17. The van der Waals surface area contributed by atoms with Crippen LogP contribution in [0.2, 0.25) is 0 Å². The Morgan fingerprint density at radius 1 is 0.800 bits per heavy atom. The van der Waals surface area contributed by atoms with Gasteiger partial charge >= 0.3 is 5.97 Å². The first-order chi connectivity index (χ1) is 14.6. The van der Waals surface area contributed by atoms with Gasteiger partial charge in [-0.15, -0.1) is 0 Å². The average Bonchev–Trinajstić information content (AvgIpc) is 3.13. The number of hydrogen-bond donors (Lipinski definition) is 1. The van der Waals surface area contributed by atoms with Crippen molar-refractivity contribution < 1.29 is 19.1 Å². The van der Waals surface area contributed by atoms with E-state index in [0.717, 1.165) is 16.6 Å². The molecule has 0 bridgehead atoms. The standard InChI is InChI=1S/C25H19NO4/c1-16-23(20-13-7-8-14-21(20)26-16)22(27)15-30-25(29)19-12-6-5-11-18(19)24(28)17-9-3-2-4-10-17/h2-14,26H,15H2,1H3. The van der Waals surface area contributed by atoms with Crippen LogP contribution in [0.15, 0.2) is 78.9 Å². The molecule has 0 aliphatic rings. The van der Waals surface area contributed by atoms with Gasteiger partial charge in [-0.2, -0.15) is 0 Å². The number of aryl methyl sites for hydroxylation is 1. The van der Waals surface area contributed by atoms with Crippen LogP contribution in [-0.2, 0) is 4.74 Å². The van der Waals surface area contributed by atoms with Gasteiger partial charge < -0.3 is 9.72 Å². The van der Waals surface area contributed by atoms with Crippen LogP contribution in [0.4, 0.5) is 0 Å². The van der Waals surface area contributed by atoms with Crippen molar-refractivity contribution >= 4 is 28.4 Å². The normalized spacial score (nSPS) is 10.7. The summed E-state index contributed by atoms with van der Waals surface area (Å²) in [7, 11) is 0. The van der Waals surface area contributed by atoms with Crippen LogP contribution >= 0.6 is 0 Å². The van der Waals surface area contributed by atoms with E-state index >= 15 is 0 Å². The van der Waals surface area contributed by atoms with Gasteiger partial charge in [0.15, 0.2) is 12.4 Å². The molecule has 0 radical (unpaired) electrons. The lowest BCUT2D eigenvalue weighted by molar-refractivity contribution is 0.0473. The zero-order valence-corrected chi connectivity index (χ0v) is 16.3. The summed E-state index contributed by atoms with van der Waals surface area (Å²) in [6.07, 6.45) is 0. The SMILES string of the molecule is Cc1[nH]c2ccccc2c1C(=O)COC(=O)c1ccccc1C(=O)c1ccccc1. The van der Waals surface area contributed by atoms with E-state index in [0.29, 0.717) is 11.1 Å². The van der Waals surface area contributed by atoms with Crippen molar-refractivity contribution in [2.45, 2.75) is 6.92 Å². The number of esters is 1. The summed E-state index contributed by atoms with van der Waals surface area (Å²) in [6.45, 7) is 1.40. The molecule has 3 aromatic carbocycles. The molecule has 1 N–H and O–H groups in total. The number of rotatable bonds is 6. The van der Waals surface area contributed by atoms with Gasteiger partial charge in [0, 0.05) is 33.3 Å². The molecule has 5 heteroatoms. The van der Waals surface area contributed by atoms with Crippen LogP contribution in [0, 0.1) is 6.92 Å². The van der Waals surface area contributed by atoms with E-state index in [1.54, 1.807) is 42.5 Å². The molecular formula is C25H19NO4. The quantitative estimate of drug-likeness (QED) is 0.376. The lowest BCUT2D eigenvalue weighted by Gasteiger charge is -2.09. The summed E-state index contributed by atoms with van der Waals surface area (Å²) in [4.78, 5) is 41.4. The van der Waals surface area contributed by atoms with Crippen LogP contribution < -0.4 is 0 Å². The van der Waals surface area contributed by atoms with Gasteiger partial charge in [-0.3, -0.25) is 9.59 Å². The summed E-state index contributed by atoms with van der Waals surface area (Å²) in [5.41, 5.74) is 2.93. The predicted octanol–water partition coefficient (Wildman–Crippen LogP) is 4.75. The smallest absolute Gasteiger partial charge is 0.339 e. The zero-order chi connectivity index (χ0) is 21.1. The molecule has 30 heavy (non-hydrogen) atoms. The molecule has 0 unspecified atom stereocenters. The van der Waals surface area contributed by atoms with E-state index in [4.69, 9.17) is 4.74 Å². The molecule has 1 aromatic heterocycles. The molecule has 148 valence electrons. The number of benzene rings is 3. The Hall–Kier alpha value is -3.99. The van der Waals surface area contributed by atoms with Gasteiger partial charge in [0.05, 0.1) is 5.56 Å². The van der Waals surface area contributed by atoms with Crippen molar-refractivity contribution in [3.63, 3.8) is 0 Å². The van der Waals surface area contributed by atoms with Crippen LogP contribution in [0.1, 0.15) is 42.3 Å². The van der Waals surface area contributed by atoms with Crippen LogP contribution in [-0.4, -0.2) is 29.1 Å². The van der Waals surface area contributed by atoms with Crippen LogP contribution in [0.25, 0.3) is 10.9 Å². The number of ether oxygens (including phenoxy) is 1. The number of hydrogen-bond acceptors (Lipinski definition) is 4. The third-order valence-electron chi connectivity index (χ3n) is 4.93. The molecule has 0 aliphatic heterocycles. The first-order valence-electron chi connectivity index (χ1n) is 9.52. The Labute approximate surface area is 173 Å². The summed E-state index contributed by atoms with van der Waals surface area (Å²) < 4.78 is 5.29. The number of aromatic amines is 1. The highest BCUT2D eigenvalue weighted by Crippen LogP contribution is 2.23. The van der Waals surface area contributed by atoms with Crippen molar-refractivity contribution in [1.29, 1.82) is 0 Å². The Morgan fingerprint density at radius 3 is 2.20 bits per heavy atom. The number of ketones is 2. The van der Waals surface area contributed by atoms with Gasteiger partial charge in [-0.05, 0) is 19.1 Å². The number of carbonyl (C=O) groups is 3. The third kappa shape index (κ3) is 3.65. The Morgan fingerprint density at radius 2 is 1.43 bits per heavy atom. The number of nitrogens with one attached hydrogen (secondary N) is 1. The molecule has 4 aromatic rings. The maximum Gasteiger partial charge on any atom is 0.339 e. The van der Waals surface area contributed by atoms with Crippen molar-refractivity contribution in [2.24, 2.45) is 0 Å². The first-order valence-corrected chi connectivity index (χ1v) is 9.52. The first kappa shape index (κ1) is 19.3. The number of Topliss-reactive ketones (excluding diaryl/α,β-unsaturated/α-hetero) is 1. The minimum Gasteiger partial charge on any atom is -0.454 e. The lowest BCUT2D eigenvalue weighted by atomic mass is 9.98. The highest BCUT2D eigenvalue weighted by Gasteiger charge is 2.21. The Balaban J connectivity index is 1.54. The fraction of sp³-hybridized carbons (Fsp3) is 0.0800. The number of fused-ring (bicyclic) bond motifs is 1. The molecule has 0 atom stereocenters. The fourth-order valence-corrected chi connectivity index (χ4v) is 3.52. The van der Waals surface area contributed by atoms with Crippen molar-refractivity contribution in [1.82, 2.24) is 4.98 Å². The zero-order valence-electron chi connectivity index (χ0n) is 16.3. The molecule has 0 saturated heterocycles. The van der Waals surface area contributed by atoms with E-state index in [-0.39, 0.29) is 22.7 Å².